The Hall–Kier alpha value is -1.16. The summed E-state index contributed by atoms with van der Waals surface area (Å²) in [6.07, 6.45) is 22.8. The number of rotatable bonds is 19. The molecule has 0 fully saturated rings. The molecule has 0 aliphatic carbocycles. The van der Waals surface area contributed by atoms with Crippen LogP contribution in [0.1, 0.15) is 126 Å². The highest BCUT2D eigenvalue weighted by molar-refractivity contribution is 7.17. The number of thiophene rings is 1. The molecule has 0 saturated carbocycles. The molecule has 0 atom stereocenters. The summed E-state index contributed by atoms with van der Waals surface area (Å²) in [4.78, 5) is 23.2. The van der Waals surface area contributed by atoms with Gasteiger partial charge in [0.1, 0.15) is 0 Å². The number of amides is 1. The Labute approximate surface area is 176 Å². The molecule has 0 unspecified atom stereocenters. The summed E-state index contributed by atoms with van der Waals surface area (Å²) in [6, 6.07) is 3.53. The Bertz CT molecular complexity index is 512. The van der Waals surface area contributed by atoms with E-state index < -0.39 is 0 Å². The molecule has 160 valence electrons. The lowest BCUT2D eigenvalue weighted by atomic mass is 10.0. The first-order chi connectivity index (χ1) is 13.8. The first-order valence-corrected chi connectivity index (χ1v) is 12.4. The molecule has 0 bridgehead atoms. The van der Waals surface area contributed by atoms with Crippen molar-refractivity contribution >= 4 is 28.5 Å². The summed E-state index contributed by atoms with van der Waals surface area (Å²) < 4.78 is 0. The highest BCUT2D eigenvalue weighted by Crippen LogP contribution is 2.20. The average Bonchev–Trinajstić information content (AvgIpc) is 3.15. The van der Waals surface area contributed by atoms with Crippen LogP contribution in [0.3, 0.4) is 0 Å². The van der Waals surface area contributed by atoms with Gasteiger partial charge >= 0.3 is 0 Å². The molecule has 1 aromatic heterocycles. The maximum atomic E-state index is 11.9. The normalized spacial score (nSPS) is 10.9. The third-order valence-corrected chi connectivity index (χ3v) is 6.19. The fourth-order valence-electron chi connectivity index (χ4n) is 3.52. The molecule has 0 aliphatic heterocycles. The molecule has 0 spiro atoms. The number of hydrogen-bond donors (Lipinski definition) is 1. The maximum Gasteiger partial charge on any atom is 0.224 e. The Morgan fingerprint density at radius 1 is 0.786 bits per heavy atom. The third-order valence-electron chi connectivity index (χ3n) is 5.26. The summed E-state index contributed by atoms with van der Waals surface area (Å²) in [6.45, 7) is 2.28. The SMILES string of the molecule is CCCCCCCCCCCCCCCCCCC(=O)Nc1ccc(C=O)s1. The topological polar surface area (TPSA) is 46.2 Å². The summed E-state index contributed by atoms with van der Waals surface area (Å²) in [5.41, 5.74) is 0. The highest BCUT2D eigenvalue weighted by Gasteiger charge is 2.04. The lowest BCUT2D eigenvalue weighted by molar-refractivity contribution is -0.116. The van der Waals surface area contributed by atoms with Gasteiger partial charge in [-0.1, -0.05) is 103 Å². The van der Waals surface area contributed by atoms with Gasteiger partial charge in [-0.15, -0.1) is 11.3 Å². The fraction of sp³-hybridized carbons (Fsp3) is 0.750. The summed E-state index contributed by atoms with van der Waals surface area (Å²) >= 11 is 1.33. The summed E-state index contributed by atoms with van der Waals surface area (Å²) in [5.74, 6) is 0.0599. The smallest absolute Gasteiger partial charge is 0.224 e. The third kappa shape index (κ3) is 13.9. The first-order valence-electron chi connectivity index (χ1n) is 11.6. The predicted molar refractivity (Wildman–Crippen MR) is 122 cm³/mol. The van der Waals surface area contributed by atoms with Crippen molar-refractivity contribution < 1.29 is 9.59 Å². The monoisotopic (exact) mass is 407 g/mol. The van der Waals surface area contributed by atoms with E-state index in [2.05, 4.69) is 12.2 Å². The van der Waals surface area contributed by atoms with Gasteiger partial charge in [0, 0.05) is 6.42 Å². The number of hydrogen-bond acceptors (Lipinski definition) is 3. The molecule has 0 aliphatic rings. The number of carbonyl (C=O) groups is 2. The lowest BCUT2D eigenvalue weighted by Gasteiger charge is -2.04. The number of carbonyl (C=O) groups excluding carboxylic acids is 2. The van der Waals surface area contributed by atoms with Crippen LogP contribution >= 0.6 is 11.3 Å². The lowest BCUT2D eigenvalue weighted by Crippen LogP contribution is -2.09. The van der Waals surface area contributed by atoms with E-state index in [1.54, 1.807) is 12.1 Å². The van der Waals surface area contributed by atoms with Crippen LogP contribution in [0.15, 0.2) is 12.1 Å². The van der Waals surface area contributed by atoms with Gasteiger partial charge in [-0.05, 0) is 18.6 Å². The first kappa shape index (κ1) is 24.9. The zero-order valence-electron chi connectivity index (χ0n) is 18.0. The van der Waals surface area contributed by atoms with E-state index in [-0.39, 0.29) is 5.91 Å². The van der Waals surface area contributed by atoms with Crippen molar-refractivity contribution in [1.29, 1.82) is 0 Å². The molecule has 28 heavy (non-hydrogen) atoms. The second-order valence-electron chi connectivity index (χ2n) is 7.92. The molecule has 1 amide bonds. The van der Waals surface area contributed by atoms with Crippen LogP contribution in [0.5, 0.6) is 0 Å². The Kier molecular flexibility index (Phi) is 15.9. The van der Waals surface area contributed by atoms with Crippen molar-refractivity contribution in [3.05, 3.63) is 17.0 Å². The molecule has 1 heterocycles. The van der Waals surface area contributed by atoms with Crippen LogP contribution in [-0.4, -0.2) is 12.2 Å². The minimum absolute atomic E-state index is 0.0599. The van der Waals surface area contributed by atoms with Gasteiger partial charge in [0.25, 0.3) is 0 Å². The Morgan fingerprint density at radius 2 is 1.25 bits per heavy atom. The van der Waals surface area contributed by atoms with E-state index in [4.69, 9.17) is 0 Å². The molecule has 0 aromatic carbocycles. The molecule has 1 aromatic rings. The zero-order valence-corrected chi connectivity index (χ0v) is 18.8. The van der Waals surface area contributed by atoms with Crippen LogP contribution in [0.4, 0.5) is 5.00 Å². The van der Waals surface area contributed by atoms with E-state index in [1.165, 1.54) is 101 Å². The van der Waals surface area contributed by atoms with Gasteiger partial charge in [0.05, 0.1) is 9.88 Å². The average molecular weight is 408 g/mol. The number of aldehydes is 1. The van der Waals surface area contributed by atoms with Crippen molar-refractivity contribution in [3.63, 3.8) is 0 Å². The van der Waals surface area contributed by atoms with Crippen molar-refractivity contribution in [2.24, 2.45) is 0 Å². The van der Waals surface area contributed by atoms with Crippen molar-refractivity contribution in [1.82, 2.24) is 0 Å². The molecule has 1 rings (SSSR count). The van der Waals surface area contributed by atoms with E-state index in [0.717, 1.165) is 24.1 Å². The van der Waals surface area contributed by atoms with Crippen LogP contribution in [0.2, 0.25) is 0 Å². The maximum absolute atomic E-state index is 11.9. The zero-order chi connectivity index (χ0) is 20.3. The molecule has 4 heteroatoms. The highest BCUT2D eigenvalue weighted by atomic mass is 32.1. The van der Waals surface area contributed by atoms with Gasteiger partial charge in [-0.25, -0.2) is 0 Å². The standard InChI is InChI=1S/C24H41NO2S/c1-2-3-4-5-6-7-8-9-10-11-12-13-14-15-16-17-18-23(27)25-24-20-19-22(21-26)28-24/h19-21H,2-18H2,1H3,(H,25,27). The van der Waals surface area contributed by atoms with E-state index in [9.17, 15) is 9.59 Å². The number of anilines is 1. The minimum Gasteiger partial charge on any atom is -0.318 e. The van der Waals surface area contributed by atoms with Gasteiger partial charge in [-0.2, -0.15) is 0 Å². The van der Waals surface area contributed by atoms with Crippen LogP contribution in [0, 0.1) is 0 Å². The second-order valence-corrected chi connectivity index (χ2v) is 9.04. The van der Waals surface area contributed by atoms with Gasteiger partial charge in [-0.3, -0.25) is 9.59 Å². The molecular formula is C24H41NO2S. The van der Waals surface area contributed by atoms with Crippen LogP contribution in [0.25, 0.3) is 0 Å². The Balaban J connectivity index is 1.79. The number of nitrogens with one attached hydrogen (secondary N) is 1. The minimum atomic E-state index is 0.0599. The van der Waals surface area contributed by atoms with Gasteiger partial charge in [0.15, 0.2) is 6.29 Å². The number of unbranched alkanes of at least 4 members (excludes halogenated alkanes) is 15. The van der Waals surface area contributed by atoms with E-state index >= 15 is 0 Å². The second kappa shape index (κ2) is 17.9. The van der Waals surface area contributed by atoms with Crippen molar-refractivity contribution in [3.8, 4) is 0 Å². The van der Waals surface area contributed by atoms with Crippen LogP contribution < -0.4 is 5.32 Å². The fourth-order valence-corrected chi connectivity index (χ4v) is 4.26. The molecular weight excluding hydrogens is 366 g/mol. The molecule has 3 nitrogen and oxygen atoms in total. The molecule has 0 saturated heterocycles. The predicted octanol–water partition coefficient (Wildman–Crippen LogP) is 8.15. The quantitative estimate of drug-likeness (QED) is 0.186. The molecule has 1 N–H and O–H groups in total. The van der Waals surface area contributed by atoms with Crippen molar-refractivity contribution in [2.45, 2.75) is 116 Å². The summed E-state index contributed by atoms with van der Waals surface area (Å²) in [5, 5.41) is 3.64. The van der Waals surface area contributed by atoms with E-state index in [0.29, 0.717) is 11.3 Å². The summed E-state index contributed by atoms with van der Waals surface area (Å²) in [7, 11) is 0. The molecule has 0 radical (unpaired) electrons. The largest absolute Gasteiger partial charge is 0.318 e. The Morgan fingerprint density at radius 3 is 1.68 bits per heavy atom. The van der Waals surface area contributed by atoms with Gasteiger partial charge in [0.2, 0.25) is 5.91 Å². The van der Waals surface area contributed by atoms with Crippen molar-refractivity contribution in [2.75, 3.05) is 5.32 Å². The van der Waals surface area contributed by atoms with Gasteiger partial charge < -0.3 is 5.32 Å². The van der Waals surface area contributed by atoms with Crippen LogP contribution in [-0.2, 0) is 4.79 Å². The van der Waals surface area contributed by atoms with E-state index in [1.807, 2.05) is 0 Å².